The van der Waals surface area contributed by atoms with E-state index in [1.54, 1.807) is 12.4 Å². The maximum absolute atomic E-state index is 9.63. The van der Waals surface area contributed by atoms with Gasteiger partial charge in [0, 0.05) is 12.4 Å². The van der Waals surface area contributed by atoms with Gasteiger partial charge in [-0.05, 0) is 39.8 Å². The van der Waals surface area contributed by atoms with Gasteiger partial charge in [0.15, 0.2) is 0 Å². The van der Waals surface area contributed by atoms with Crippen LogP contribution in [0.25, 0.3) is 0 Å². The van der Waals surface area contributed by atoms with Crippen molar-refractivity contribution in [3.05, 3.63) is 41.0 Å². The quantitative estimate of drug-likeness (QED) is 0.466. The van der Waals surface area contributed by atoms with Crippen LogP contribution in [-0.4, -0.2) is 38.2 Å². The number of hydrogen-bond donors (Lipinski definition) is 2. The second-order valence-corrected chi connectivity index (χ2v) is 3.75. The summed E-state index contributed by atoms with van der Waals surface area (Å²) in [6, 6.07) is 5.72. The molecule has 130 valence electrons. The molecule has 0 unspecified atom stereocenters. The normalized spacial score (nSPS) is 12.0. The first-order valence-electron chi connectivity index (χ1n) is 6.01. The van der Waals surface area contributed by atoms with E-state index in [0.29, 0.717) is 0 Å². The zero-order valence-corrected chi connectivity index (χ0v) is 14.3. The van der Waals surface area contributed by atoms with E-state index in [9.17, 15) is 10.4 Å². The molecule has 1 radical (unpaired) electrons. The minimum absolute atomic E-state index is 0. The Hall–Kier alpha value is -2.46. The molecule has 2 N–H and O–H groups in total. The van der Waals surface area contributed by atoms with Crippen molar-refractivity contribution in [1.82, 2.24) is 4.98 Å². The summed E-state index contributed by atoms with van der Waals surface area (Å²) in [6.45, 7) is 5.94. The minimum atomic E-state index is 0. The van der Waals surface area contributed by atoms with Gasteiger partial charge in [-0.2, -0.15) is 0 Å². The molecule has 10 heteroatoms. The molecule has 23 heavy (non-hydrogen) atoms. The molecule has 0 fully saturated rings. The van der Waals surface area contributed by atoms with Crippen molar-refractivity contribution < 1.29 is 27.2 Å². The summed E-state index contributed by atoms with van der Waals surface area (Å²) < 4.78 is 0. The Morgan fingerprint density at radius 3 is 1.17 bits per heavy atom. The molecule has 0 saturated carbocycles. The number of rotatable bonds is 2. The summed E-state index contributed by atoms with van der Waals surface area (Å²) in [6.07, 6.45) is 3.50. The van der Waals surface area contributed by atoms with Crippen molar-refractivity contribution in [3.8, 4) is 0 Å². The second kappa shape index (κ2) is 17.6. The Kier molecular flexibility index (Phi) is 19.5. The zero-order chi connectivity index (χ0) is 17.4. The topological polar surface area (TPSA) is 149 Å². The molecule has 0 aliphatic heterocycles. The van der Waals surface area contributed by atoms with Gasteiger partial charge in [-0.15, -0.1) is 0 Å². The van der Waals surface area contributed by atoms with Crippen LogP contribution in [0.1, 0.15) is 27.7 Å². The molecule has 0 aromatic carbocycles. The molecular formula is C13H20CoN5O4. The molecule has 0 spiro atoms. The Bertz CT molecular complexity index is 428. The molecule has 0 aliphatic rings. The van der Waals surface area contributed by atoms with E-state index < -0.39 is 0 Å². The Labute approximate surface area is 144 Å². The van der Waals surface area contributed by atoms with Crippen LogP contribution in [0.5, 0.6) is 0 Å². The number of pyridine rings is 1. The van der Waals surface area contributed by atoms with Crippen LogP contribution in [0.3, 0.4) is 0 Å². The second-order valence-electron chi connectivity index (χ2n) is 3.75. The predicted molar refractivity (Wildman–Crippen MR) is 88.4 cm³/mol. The molecule has 1 heterocycles. The first-order valence-corrected chi connectivity index (χ1v) is 6.01. The van der Waals surface area contributed by atoms with Crippen molar-refractivity contribution in [1.29, 1.82) is 0 Å². The van der Waals surface area contributed by atoms with Crippen molar-refractivity contribution in [2.75, 3.05) is 0 Å². The smallest absolute Gasteiger partial charge is 0.0267 e. The van der Waals surface area contributed by atoms with Crippen molar-refractivity contribution in [3.63, 3.8) is 0 Å². The molecule has 9 nitrogen and oxygen atoms in total. The maximum atomic E-state index is 9.63. The number of oxime groups is 2. The van der Waals surface area contributed by atoms with Gasteiger partial charge in [-0.3, -0.25) is 4.98 Å². The standard InChI is InChI=1S/C5H5N.2C4H8N2O2.Co.H/c1-2-4-6-5-3-1;2*1-3(5-7)4(2)6-8;;/h1-5H;2*7-8H,1-2H3;;/q;;;+2;/p-2/b;2*5-3+,6-4+;;. The van der Waals surface area contributed by atoms with E-state index in [0.717, 1.165) is 0 Å². The van der Waals surface area contributed by atoms with Crippen molar-refractivity contribution in [2.24, 2.45) is 20.6 Å². The number of hydrogen-bond acceptors (Lipinski definition) is 9. The van der Waals surface area contributed by atoms with E-state index >= 15 is 0 Å². The summed E-state index contributed by atoms with van der Waals surface area (Å²) in [5.74, 6) is 0. The fraction of sp³-hybridized carbons (Fsp3) is 0.308. The van der Waals surface area contributed by atoms with E-state index in [2.05, 4.69) is 25.6 Å². The average Bonchev–Trinajstić information content (AvgIpc) is 2.61. The fourth-order valence-electron chi connectivity index (χ4n) is 0.589. The predicted octanol–water partition coefficient (Wildman–Crippen LogP) is 2.40. The van der Waals surface area contributed by atoms with Gasteiger partial charge in [0.05, 0.1) is 22.8 Å². The SMILES string of the molecule is CC(=N\[O-])/C(C)=N/O.CC(=N\[O-])/C(C)=N/O.[CoH+2].c1ccncc1. The van der Waals surface area contributed by atoms with Gasteiger partial charge in [0.25, 0.3) is 0 Å². The summed E-state index contributed by atoms with van der Waals surface area (Å²) in [7, 11) is 0. The maximum Gasteiger partial charge on any atom is 0.0267 e. The summed E-state index contributed by atoms with van der Waals surface area (Å²) in [5, 5.41) is 45.8. The van der Waals surface area contributed by atoms with E-state index in [1.807, 2.05) is 18.2 Å². The van der Waals surface area contributed by atoms with Crippen LogP contribution in [-0.2, 0) is 16.8 Å². The molecule has 0 amide bonds. The zero-order valence-electron chi connectivity index (χ0n) is 13.2. The first-order chi connectivity index (χ1) is 10.4. The molecule has 1 aromatic heterocycles. The molecule has 0 saturated heterocycles. The van der Waals surface area contributed by atoms with Crippen molar-refractivity contribution in [2.45, 2.75) is 27.7 Å². The van der Waals surface area contributed by atoms with Crippen LogP contribution < -0.4 is 0 Å². The molecule has 1 aromatic rings. The third-order valence-corrected chi connectivity index (χ3v) is 2.19. The van der Waals surface area contributed by atoms with Crippen LogP contribution in [0.15, 0.2) is 51.2 Å². The molecule has 1 rings (SSSR count). The number of aromatic nitrogens is 1. The summed E-state index contributed by atoms with van der Waals surface area (Å²) in [4.78, 5) is 3.78. The largest absolute Gasteiger partial charge is 0.265 e. The summed E-state index contributed by atoms with van der Waals surface area (Å²) in [5.41, 5.74) is 0.903. The van der Waals surface area contributed by atoms with Crippen LogP contribution in [0.4, 0.5) is 0 Å². The van der Waals surface area contributed by atoms with E-state index in [-0.39, 0.29) is 39.6 Å². The van der Waals surface area contributed by atoms with Crippen LogP contribution >= 0.6 is 0 Å². The molecule has 0 atom stereocenters. The summed E-state index contributed by atoms with van der Waals surface area (Å²) >= 11 is 0. The molecular weight excluding hydrogens is 349 g/mol. The van der Waals surface area contributed by atoms with Gasteiger partial charge in [0.2, 0.25) is 0 Å². The van der Waals surface area contributed by atoms with E-state index in [1.165, 1.54) is 27.7 Å². The Morgan fingerprint density at radius 2 is 1.09 bits per heavy atom. The minimum Gasteiger partial charge on any atom is -0.265 e. The van der Waals surface area contributed by atoms with E-state index in [4.69, 9.17) is 10.4 Å². The van der Waals surface area contributed by atoms with Crippen LogP contribution in [0, 0.1) is 10.4 Å². The molecule has 0 bridgehead atoms. The van der Waals surface area contributed by atoms with Gasteiger partial charge in [0.1, 0.15) is 0 Å². The fourth-order valence-corrected chi connectivity index (χ4v) is 0.589. The Morgan fingerprint density at radius 1 is 0.739 bits per heavy atom. The number of nitrogens with zero attached hydrogens (tertiary/aromatic N) is 5. The third-order valence-electron chi connectivity index (χ3n) is 2.19. The van der Waals surface area contributed by atoms with Crippen LogP contribution in [0.2, 0.25) is 0 Å². The molecule has 0 aliphatic carbocycles. The first kappa shape index (κ1) is 25.5. The third kappa shape index (κ3) is 15.7. The Balaban J connectivity index is -0.000000257. The average molecular weight is 369 g/mol. The van der Waals surface area contributed by atoms with Gasteiger partial charge >= 0.3 is 16.8 Å². The van der Waals surface area contributed by atoms with Crippen molar-refractivity contribution >= 4 is 22.8 Å². The van der Waals surface area contributed by atoms with Gasteiger partial charge < -0.3 is 31.1 Å². The van der Waals surface area contributed by atoms with Gasteiger partial charge in [-0.1, -0.05) is 16.4 Å². The monoisotopic (exact) mass is 369 g/mol. The van der Waals surface area contributed by atoms with Gasteiger partial charge in [-0.25, -0.2) is 0 Å².